The van der Waals surface area contributed by atoms with Gasteiger partial charge in [0.1, 0.15) is 14.6 Å². The van der Waals surface area contributed by atoms with Crippen LogP contribution in [-0.4, -0.2) is 23.7 Å². The van der Waals surface area contributed by atoms with E-state index in [9.17, 15) is 4.79 Å². The number of carbonyl (C=O) groups is 1. The molecule has 4 N–H and O–H groups in total. The van der Waals surface area contributed by atoms with Gasteiger partial charge in [-0.25, -0.2) is 0 Å². The fourth-order valence-corrected chi connectivity index (χ4v) is 0.689. The van der Waals surface area contributed by atoms with Crippen molar-refractivity contribution in [3.05, 3.63) is 29.8 Å². The normalized spacial score (nSPS) is 23.2. The van der Waals surface area contributed by atoms with E-state index in [2.05, 4.69) is 10.2 Å². The Labute approximate surface area is 87.1 Å². The molecule has 0 radical (unpaired) electrons. The molecule has 0 aliphatic heterocycles. The SMILES string of the molecule is [2H]OC(=O)[C@H](C([2H])c1c([2H])c([2H])cc(O[2H])c1[2H])N([2H])[2H]. The first-order valence-corrected chi connectivity index (χ1v) is 3.36. The van der Waals surface area contributed by atoms with Gasteiger partial charge in [0.2, 0.25) is 0 Å². The van der Waals surface area contributed by atoms with Gasteiger partial charge in [-0.2, -0.15) is 0 Å². The number of phenols is 1. The van der Waals surface area contributed by atoms with Gasteiger partial charge in [-0.05, 0) is 24.1 Å². The summed E-state index contributed by atoms with van der Waals surface area (Å²) in [4.78, 5) is 11.4. The first-order valence-electron chi connectivity index (χ1n) is 7.15. The Morgan fingerprint density at radius 1 is 2.00 bits per heavy atom. The zero-order valence-electron chi connectivity index (χ0n) is 14.4. The fraction of sp³-hybridized carbons (Fsp3) is 0.222. The van der Waals surface area contributed by atoms with Crippen molar-refractivity contribution < 1.29 is 23.3 Å². The Morgan fingerprint density at radius 2 is 2.92 bits per heavy atom. The van der Waals surface area contributed by atoms with Crippen molar-refractivity contribution in [3.63, 3.8) is 0 Å². The number of aliphatic carboxylic acids is 1. The number of carboxylic acid groups (broad SMARTS) is 1. The average Bonchev–Trinajstić information content (AvgIpc) is 2.42. The molecule has 0 bridgehead atoms. The number of benzene rings is 1. The van der Waals surface area contributed by atoms with E-state index < -0.39 is 47.8 Å². The summed E-state index contributed by atoms with van der Waals surface area (Å²) in [6.07, 6.45) is -1.81. The molecule has 1 aromatic carbocycles. The summed E-state index contributed by atoms with van der Waals surface area (Å²) in [5, 5.41) is 7.77. The highest BCUT2D eigenvalue weighted by atomic mass is 16.4. The molecule has 4 nitrogen and oxygen atoms in total. The van der Waals surface area contributed by atoms with Crippen molar-refractivity contribution in [1.82, 2.24) is 0 Å². The van der Waals surface area contributed by atoms with Crippen LogP contribution in [-0.2, 0) is 11.2 Å². The molecular formula is C9H11NO3. The number of rotatable bonds is 5. The minimum Gasteiger partial charge on any atom is -0.508 e. The molecule has 1 rings (SSSR count). The molecule has 0 spiro atoms. The number of hydrogen-bond acceptors (Lipinski definition) is 4. The third-order valence-electron chi connectivity index (χ3n) is 1.23. The first-order chi connectivity index (χ1) is 9.76. The third kappa shape index (κ3) is 2.76. The van der Waals surface area contributed by atoms with Gasteiger partial charge >= 0.3 is 5.97 Å². The van der Waals surface area contributed by atoms with Crippen LogP contribution in [0.3, 0.4) is 0 Å². The second-order valence-electron chi connectivity index (χ2n) is 2.25. The molecule has 0 heterocycles. The highest BCUT2D eigenvalue weighted by molar-refractivity contribution is 5.73. The second-order valence-corrected chi connectivity index (χ2v) is 2.25. The standard InChI is InChI=1S/C9H11NO3/c10-8(9(12)13)5-6-2-1-3-7(11)4-6/h1-4,8,11H,5,10H2,(H,12,13)/t8-/m0/s1/i1D,2D,4D,5D/hD4/t5?,8-. The summed E-state index contributed by atoms with van der Waals surface area (Å²) in [6, 6.07) is -2.54. The molecule has 1 unspecified atom stereocenters. The summed E-state index contributed by atoms with van der Waals surface area (Å²) in [6.45, 7) is 0. The monoisotopic (exact) mass is 189 g/mol. The Bertz CT molecular complexity index is 540. The van der Waals surface area contributed by atoms with Gasteiger partial charge in [0, 0.05) is 1.37 Å². The van der Waals surface area contributed by atoms with E-state index in [1.807, 2.05) is 0 Å². The molecule has 0 fully saturated rings. The lowest BCUT2D eigenvalue weighted by molar-refractivity contribution is -0.138. The van der Waals surface area contributed by atoms with E-state index in [-0.39, 0.29) is 5.72 Å². The number of carboxylic acids is 1. The minimum absolute atomic E-state index is 0.175. The van der Waals surface area contributed by atoms with Crippen LogP contribution >= 0.6 is 0 Å². The largest absolute Gasteiger partial charge is 0.508 e. The number of hydrogen-bond donors (Lipinski definition) is 3. The molecule has 0 saturated carbocycles. The quantitative estimate of drug-likeness (QED) is 0.624. The minimum atomic E-state index is -1.89. The van der Waals surface area contributed by atoms with E-state index >= 15 is 0 Å². The maximum Gasteiger partial charge on any atom is 0.320 e. The zero-order valence-corrected chi connectivity index (χ0v) is 6.40. The van der Waals surface area contributed by atoms with Gasteiger partial charge in [0.25, 0.3) is 2.86 Å². The lowest BCUT2D eigenvalue weighted by Crippen LogP contribution is -2.32. The van der Waals surface area contributed by atoms with E-state index in [1.54, 1.807) is 0 Å². The highest BCUT2D eigenvalue weighted by Crippen LogP contribution is 2.11. The number of nitrogens with two attached hydrogens (primary N) is 1. The molecule has 2 atom stereocenters. The lowest BCUT2D eigenvalue weighted by atomic mass is 10.1. The van der Waals surface area contributed by atoms with Crippen LogP contribution in [0.4, 0.5) is 0 Å². The first kappa shape index (κ1) is 3.31. The van der Waals surface area contributed by atoms with Crippen LogP contribution in [0, 0.1) is 0 Å². The topological polar surface area (TPSA) is 83.5 Å². The maximum absolute atomic E-state index is 11.4. The maximum atomic E-state index is 11.4. The number of phenolic OH excluding ortho intramolecular Hbond substituents is 1. The molecule has 0 aliphatic carbocycles. The van der Waals surface area contributed by atoms with E-state index in [1.165, 1.54) is 0 Å². The Morgan fingerprint density at radius 3 is 3.62 bits per heavy atom. The second kappa shape index (κ2) is 3.91. The van der Waals surface area contributed by atoms with Gasteiger partial charge in [-0.1, -0.05) is 12.1 Å². The van der Waals surface area contributed by atoms with E-state index in [4.69, 9.17) is 11.2 Å². The van der Waals surface area contributed by atoms with Crippen LogP contribution in [0.15, 0.2) is 24.2 Å². The molecule has 0 amide bonds. The van der Waals surface area contributed by atoms with Crippen molar-refractivity contribution in [3.8, 4) is 5.75 Å². The van der Waals surface area contributed by atoms with Crippen molar-refractivity contribution in [2.45, 2.75) is 12.4 Å². The van der Waals surface area contributed by atoms with Crippen molar-refractivity contribution in [2.24, 2.45) is 5.72 Å². The summed E-state index contributed by atoms with van der Waals surface area (Å²) < 4.78 is 58.3. The Balaban J connectivity index is 3.43. The molecule has 1 aromatic rings. The molecule has 4 heteroatoms. The van der Waals surface area contributed by atoms with Crippen LogP contribution < -0.4 is 5.72 Å². The van der Waals surface area contributed by atoms with Gasteiger partial charge in [-0.15, -0.1) is 0 Å². The van der Waals surface area contributed by atoms with Crippen LogP contribution in [0.25, 0.3) is 1.43 Å². The molecule has 13 heavy (non-hydrogen) atoms. The highest BCUT2D eigenvalue weighted by Gasteiger charge is 2.11. The summed E-state index contributed by atoms with van der Waals surface area (Å²) >= 11 is 0. The number of aromatic hydroxyl groups is 1. The van der Waals surface area contributed by atoms with Gasteiger partial charge in [0.05, 0.1) is 4.11 Å². The molecular weight excluding hydrogens is 170 g/mol. The third-order valence-corrected chi connectivity index (χ3v) is 1.23. The summed E-state index contributed by atoms with van der Waals surface area (Å²) in [5.41, 5.74) is -0.643. The Kier molecular flexibility index (Phi) is 0.994. The lowest BCUT2D eigenvalue weighted by Gasteiger charge is -2.05. The molecule has 0 aliphatic rings. The van der Waals surface area contributed by atoms with Crippen LogP contribution in [0.2, 0.25) is 2.82 Å². The summed E-state index contributed by atoms with van der Waals surface area (Å²) in [7, 11) is 0. The summed E-state index contributed by atoms with van der Waals surface area (Å²) in [5.74, 6) is -1.79. The predicted octanol–water partition coefficient (Wildman–Crippen LogP) is 0.347. The average molecular weight is 189 g/mol. The molecule has 0 aromatic heterocycles. The van der Waals surface area contributed by atoms with Gasteiger partial charge in [0.15, 0.2) is 0 Å². The van der Waals surface area contributed by atoms with Crippen LogP contribution in [0.1, 0.15) is 11.0 Å². The Hall–Kier alpha value is -1.55. The fourth-order valence-electron chi connectivity index (χ4n) is 0.689. The molecule has 0 saturated heterocycles. The molecule has 70 valence electrons. The van der Waals surface area contributed by atoms with E-state index in [0.717, 1.165) is 6.07 Å². The van der Waals surface area contributed by atoms with E-state index in [0.29, 0.717) is 0 Å². The predicted molar refractivity (Wildman–Crippen MR) is 47.4 cm³/mol. The van der Waals surface area contributed by atoms with Crippen molar-refractivity contribution in [1.29, 1.82) is 2.86 Å². The van der Waals surface area contributed by atoms with Crippen molar-refractivity contribution >= 4 is 5.97 Å². The van der Waals surface area contributed by atoms with Gasteiger partial charge in [-0.3, -0.25) is 4.79 Å². The zero-order chi connectivity index (χ0) is 16.3. The van der Waals surface area contributed by atoms with Crippen molar-refractivity contribution in [2.75, 3.05) is 0 Å². The smallest absolute Gasteiger partial charge is 0.320 e. The van der Waals surface area contributed by atoms with Crippen LogP contribution in [0.5, 0.6) is 5.75 Å². The van der Waals surface area contributed by atoms with Gasteiger partial charge < -0.3 is 15.9 Å².